The van der Waals surface area contributed by atoms with Crippen LogP contribution in [0.25, 0.3) is 0 Å². The van der Waals surface area contributed by atoms with Crippen LogP contribution < -0.4 is 9.61 Å². The highest BCUT2D eigenvalue weighted by atomic mass is 28.4. The third-order valence-electron chi connectivity index (χ3n) is 2.66. The maximum Gasteiger partial charge on any atom is 0.355 e. The molecular weight excluding hydrogens is 292 g/mol. The van der Waals surface area contributed by atoms with Crippen LogP contribution >= 0.6 is 0 Å². The summed E-state index contributed by atoms with van der Waals surface area (Å²) in [5.41, 5.74) is 0.251. The molecule has 0 atom stereocenters. The number of hydrogen-bond acceptors (Lipinski definition) is 3. The largest absolute Gasteiger partial charge is 0.525 e. The Morgan fingerprint density at radius 2 is 1.95 bits per heavy atom. The summed E-state index contributed by atoms with van der Waals surface area (Å²) in [6.45, 7) is 10.7. The van der Waals surface area contributed by atoms with E-state index in [1.165, 1.54) is 0 Å². The van der Waals surface area contributed by atoms with E-state index in [4.69, 9.17) is 8.54 Å². The second kappa shape index (κ2) is 6.51. The number of para-hydroxylation sites is 1. The zero-order chi connectivity index (χ0) is 14.6. The summed E-state index contributed by atoms with van der Waals surface area (Å²) in [4.78, 5) is 11.3. The number of rotatable bonds is 6. The number of carboxylic acid groups (broad SMARTS) is 1. The van der Waals surface area contributed by atoms with Crippen molar-refractivity contribution in [1.29, 1.82) is 0 Å². The van der Waals surface area contributed by atoms with Gasteiger partial charge in [0.1, 0.15) is 5.75 Å². The van der Waals surface area contributed by atoms with Crippen molar-refractivity contribution in [2.75, 3.05) is 0 Å². The highest BCUT2D eigenvalue weighted by Gasteiger charge is 2.25. The van der Waals surface area contributed by atoms with E-state index in [9.17, 15) is 9.90 Å². The molecular formula is C12H22O4Si3. The number of carbonyl (C=O) groups is 1. The average molecular weight is 315 g/mol. The number of benzene rings is 1. The second-order valence-electron chi connectivity index (χ2n) is 5.72. The van der Waals surface area contributed by atoms with Crippen molar-refractivity contribution >= 4 is 38.3 Å². The van der Waals surface area contributed by atoms with Crippen LogP contribution in [0.3, 0.4) is 0 Å². The molecule has 19 heavy (non-hydrogen) atoms. The fraction of sp³-hybridized carbons (Fsp3) is 0.417. The van der Waals surface area contributed by atoms with E-state index in [0.29, 0.717) is 5.75 Å². The molecule has 0 spiro atoms. The second-order valence-corrected chi connectivity index (χ2v) is 14.7. The average Bonchev–Trinajstić information content (AvgIpc) is 2.26. The van der Waals surface area contributed by atoms with Gasteiger partial charge in [0.05, 0.1) is 13.6 Å². The van der Waals surface area contributed by atoms with Gasteiger partial charge in [0.25, 0.3) is 0 Å². The van der Waals surface area contributed by atoms with E-state index < -0.39 is 33.1 Å². The zero-order valence-electron chi connectivity index (χ0n) is 12.2. The van der Waals surface area contributed by atoms with Crippen LogP contribution in [0.15, 0.2) is 18.2 Å². The van der Waals surface area contributed by atoms with Crippen LogP contribution in [0.2, 0.25) is 32.7 Å². The quantitative estimate of drug-likeness (QED) is 0.804. The predicted octanol–water partition coefficient (Wildman–Crippen LogP) is 1.31. The van der Waals surface area contributed by atoms with E-state index in [0.717, 1.165) is 5.19 Å². The Morgan fingerprint density at radius 1 is 1.32 bits per heavy atom. The van der Waals surface area contributed by atoms with Gasteiger partial charge in [0.15, 0.2) is 9.04 Å². The summed E-state index contributed by atoms with van der Waals surface area (Å²) in [7, 11) is -3.90. The third-order valence-corrected chi connectivity index (χ3v) is 8.29. The van der Waals surface area contributed by atoms with Gasteiger partial charge < -0.3 is 13.6 Å². The first kappa shape index (κ1) is 16.2. The summed E-state index contributed by atoms with van der Waals surface area (Å²) in [5.74, 6) is -0.402. The Morgan fingerprint density at radius 3 is 2.42 bits per heavy atom. The Balaban J connectivity index is 3.11. The fourth-order valence-electron chi connectivity index (χ4n) is 1.68. The van der Waals surface area contributed by atoms with E-state index in [1.807, 2.05) is 6.07 Å². The molecule has 0 unspecified atom stereocenters. The standard InChI is InChI=1S/C12H22O4Si3/c1-18(2)16-17-15-11-9(12(13)14)7-6-8-10(11)19(3,4)5/h6-8,18H,17H2,1-5H3,(H,13,14). The van der Waals surface area contributed by atoms with Crippen molar-refractivity contribution in [3.63, 3.8) is 0 Å². The smallest absolute Gasteiger partial charge is 0.355 e. The van der Waals surface area contributed by atoms with E-state index in [2.05, 4.69) is 32.7 Å². The van der Waals surface area contributed by atoms with Crippen molar-refractivity contribution in [2.45, 2.75) is 32.7 Å². The molecule has 1 aromatic rings. The summed E-state index contributed by atoms with van der Waals surface area (Å²) in [6.07, 6.45) is 0. The molecule has 0 aliphatic heterocycles. The van der Waals surface area contributed by atoms with Gasteiger partial charge in [-0.25, -0.2) is 4.79 Å². The SMILES string of the molecule is C[SiH](C)O[SiH2]Oc1c(C(=O)O)cccc1[Si](C)(C)C. The number of aromatic carboxylic acids is 1. The van der Waals surface area contributed by atoms with Crippen LogP contribution in [0.5, 0.6) is 5.75 Å². The van der Waals surface area contributed by atoms with Crippen molar-refractivity contribution < 1.29 is 18.4 Å². The van der Waals surface area contributed by atoms with Gasteiger partial charge in [-0.1, -0.05) is 31.8 Å². The van der Waals surface area contributed by atoms with Crippen LogP contribution in [-0.2, 0) is 4.12 Å². The summed E-state index contributed by atoms with van der Waals surface area (Å²) in [6, 6.07) is 5.38. The Bertz CT molecular complexity index is 455. The molecule has 7 heteroatoms. The lowest BCUT2D eigenvalue weighted by Gasteiger charge is -2.23. The first-order chi connectivity index (χ1) is 8.73. The lowest BCUT2D eigenvalue weighted by molar-refractivity contribution is 0.0695. The molecule has 1 aromatic carbocycles. The molecule has 0 aliphatic rings. The van der Waals surface area contributed by atoms with Crippen molar-refractivity contribution in [2.24, 2.45) is 0 Å². The molecule has 106 valence electrons. The highest BCUT2D eigenvalue weighted by molar-refractivity contribution is 6.89. The minimum absolute atomic E-state index is 0.251. The molecule has 1 rings (SSSR count). The van der Waals surface area contributed by atoms with Crippen molar-refractivity contribution in [3.8, 4) is 5.75 Å². The normalized spacial score (nSPS) is 12.3. The third kappa shape index (κ3) is 4.60. The summed E-state index contributed by atoms with van der Waals surface area (Å²) < 4.78 is 11.4. The van der Waals surface area contributed by atoms with Crippen LogP contribution in [0.4, 0.5) is 0 Å². The molecule has 0 bridgehead atoms. The fourth-order valence-corrected chi connectivity index (χ4v) is 5.10. The number of carboxylic acids is 1. The van der Waals surface area contributed by atoms with Gasteiger partial charge in [0.2, 0.25) is 0 Å². The van der Waals surface area contributed by atoms with Crippen LogP contribution in [0, 0.1) is 0 Å². The van der Waals surface area contributed by atoms with Crippen molar-refractivity contribution in [1.82, 2.24) is 0 Å². The molecule has 0 saturated carbocycles. The van der Waals surface area contributed by atoms with Gasteiger partial charge in [-0.3, -0.25) is 0 Å². The minimum Gasteiger partial charge on any atom is -0.525 e. The Labute approximate surface area is 119 Å². The minimum atomic E-state index is -1.64. The molecule has 0 heterocycles. The van der Waals surface area contributed by atoms with Crippen molar-refractivity contribution in [3.05, 3.63) is 23.8 Å². The van der Waals surface area contributed by atoms with Gasteiger partial charge >= 0.3 is 16.0 Å². The van der Waals surface area contributed by atoms with Crippen LogP contribution in [-0.4, -0.2) is 38.2 Å². The Hall–Kier alpha value is -0.899. The van der Waals surface area contributed by atoms with Crippen LogP contribution in [0.1, 0.15) is 10.4 Å². The van der Waals surface area contributed by atoms with Gasteiger partial charge in [-0.05, 0) is 24.3 Å². The summed E-state index contributed by atoms with van der Waals surface area (Å²) in [5, 5.41) is 10.3. The maximum atomic E-state index is 11.3. The monoisotopic (exact) mass is 314 g/mol. The molecule has 1 N–H and O–H groups in total. The van der Waals surface area contributed by atoms with Gasteiger partial charge in [0, 0.05) is 0 Å². The molecule has 0 fully saturated rings. The highest BCUT2D eigenvalue weighted by Crippen LogP contribution is 2.20. The van der Waals surface area contributed by atoms with Gasteiger partial charge in [-0.15, -0.1) is 0 Å². The van der Waals surface area contributed by atoms with Gasteiger partial charge in [-0.2, -0.15) is 0 Å². The molecule has 4 nitrogen and oxygen atoms in total. The van der Waals surface area contributed by atoms with E-state index >= 15 is 0 Å². The first-order valence-electron chi connectivity index (χ1n) is 6.34. The summed E-state index contributed by atoms with van der Waals surface area (Å²) >= 11 is 0. The molecule has 0 amide bonds. The number of hydrogen-bond donors (Lipinski definition) is 1. The molecule has 0 aromatic heterocycles. The lowest BCUT2D eigenvalue weighted by atomic mass is 10.2. The molecule has 0 saturated heterocycles. The zero-order valence-corrected chi connectivity index (χ0v) is 15.8. The molecule has 0 radical (unpaired) electrons. The maximum absolute atomic E-state index is 11.3. The lowest BCUT2D eigenvalue weighted by Crippen LogP contribution is -2.40. The topological polar surface area (TPSA) is 55.8 Å². The molecule has 0 aliphatic carbocycles. The Kier molecular flexibility index (Phi) is 5.53. The predicted molar refractivity (Wildman–Crippen MR) is 85.5 cm³/mol. The first-order valence-corrected chi connectivity index (χ1v) is 13.8. The van der Waals surface area contributed by atoms with E-state index in [1.54, 1.807) is 12.1 Å². The van der Waals surface area contributed by atoms with E-state index in [-0.39, 0.29) is 5.56 Å².